The second-order valence-electron chi connectivity index (χ2n) is 7.62. The van der Waals surface area contributed by atoms with Crippen molar-refractivity contribution in [1.29, 1.82) is 0 Å². The van der Waals surface area contributed by atoms with E-state index < -0.39 is 0 Å². The van der Waals surface area contributed by atoms with E-state index in [-0.39, 0.29) is 12.0 Å². The van der Waals surface area contributed by atoms with Gasteiger partial charge >= 0.3 is 0 Å². The van der Waals surface area contributed by atoms with Gasteiger partial charge in [-0.1, -0.05) is 29.8 Å². The smallest absolute Gasteiger partial charge is 0.237 e. The highest BCUT2D eigenvalue weighted by Gasteiger charge is 2.31. The number of hydrogen-bond acceptors (Lipinski definition) is 5. The Labute approximate surface area is 160 Å². The lowest BCUT2D eigenvalue weighted by molar-refractivity contribution is -0.137. The summed E-state index contributed by atoms with van der Waals surface area (Å²) < 4.78 is 6.02. The second-order valence-corrected chi connectivity index (χ2v) is 7.62. The van der Waals surface area contributed by atoms with Gasteiger partial charge in [0.05, 0.1) is 6.54 Å². The van der Waals surface area contributed by atoms with Crippen LogP contribution >= 0.6 is 0 Å². The number of aryl methyl sites for hydroxylation is 3. The van der Waals surface area contributed by atoms with E-state index in [0.717, 1.165) is 49.0 Å². The van der Waals surface area contributed by atoms with Crippen LogP contribution in [-0.2, 0) is 17.8 Å². The third kappa shape index (κ3) is 3.95. The zero-order chi connectivity index (χ0) is 19.0. The van der Waals surface area contributed by atoms with E-state index in [1.807, 2.05) is 24.8 Å². The molecule has 1 aromatic carbocycles. The molecule has 6 heteroatoms. The first-order valence-corrected chi connectivity index (χ1v) is 9.54. The summed E-state index contributed by atoms with van der Waals surface area (Å²) in [6.45, 7) is 9.49. The standard InChI is InChI=1S/C21H26N4O2/c1-14-5-4-6-17(9-14)11-25-8-7-24(13-20(25)26)12-18-10-19-15(2)22-16(3)23-21(19)27-18/h4-6,9,18H,7-8,10-13H2,1-3H3/t18-/m1/s1. The van der Waals surface area contributed by atoms with Crippen molar-refractivity contribution >= 4 is 5.91 Å². The Balaban J connectivity index is 1.33. The molecule has 1 atom stereocenters. The number of carbonyl (C=O) groups is 1. The molecular weight excluding hydrogens is 340 g/mol. The van der Waals surface area contributed by atoms with Crippen LogP contribution < -0.4 is 4.74 Å². The molecule has 0 unspecified atom stereocenters. The van der Waals surface area contributed by atoms with Crippen LogP contribution in [0.25, 0.3) is 0 Å². The summed E-state index contributed by atoms with van der Waals surface area (Å²) in [6, 6.07) is 8.36. The Hall–Kier alpha value is -2.47. The minimum Gasteiger partial charge on any atom is -0.472 e. The maximum Gasteiger partial charge on any atom is 0.237 e. The quantitative estimate of drug-likeness (QED) is 0.829. The zero-order valence-electron chi connectivity index (χ0n) is 16.2. The molecule has 27 heavy (non-hydrogen) atoms. The highest BCUT2D eigenvalue weighted by atomic mass is 16.5. The fourth-order valence-corrected chi connectivity index (χ4v) is 3.97. The lowest BCUT2D eigenvalue weighted by Gasteiger charge is -2.35. The molecule has 0 saturated carbocycles. The van der Waals surface area contributed by atoms with E-state index in [2.05, 4.69) is 40.0 Å². The molecule has 1 aromatic heterocycles. The molecule has 6 nitrogen and oxygen atoms in total. The topological polar surface area (TPSA) is 58.6 Å². The van der Waals surface area contributed by atoms with Crippen LogP contribution in [0.4, 0.5) is 0 Å². The van der Waals surface area contributed by atoms with Crippen LogP contribution in [0.2, 0.25) is 0 Å². The average molecular weight is 366 g/mol. The number of piperazine rings is 1. The van der Waals surface area contributed by atoms with Gasteiger partial charge in [0.25, 0.3) is 0 Å². The van der Waals surface area contributed by atoms with Gasteiger partial charge in [-0.05, 0) is 26.3 Å². The number of fused-ring (bicyclic) bond motifs is 1. The molecule has 1 amide bonds. The molecule has 2 aliphatic rings. The lowest BCUT2D eigenvalue weighted by atomic mass is 10.1. The van der Waals surface area contributed by atoms with Crippen molar-refractivity contribution in [2.45, 2.75) is 39.8 Å². The van der Waals surface area contributed by atoms with E-state index in [1.54, 1.807) is 0 Å². The van der Waals surface area contributed by atoms with Gasteiger partial charge in [0.2, 0.25) is 11.8 Å². The van der Waals surface area contributed by atoms with Gasteiger partial charge in [0.1, 0.15) is 11.9 Å². The van der Waals surface area contributed by atoms with Crippen LogP contribution in [0.3, 0.4) is 0 Å². The first kappa shape index (κ1) is 17.9. The fourth-order valence-electron chi connectivity index (χ4n) is 3.97. The Morgan fingerprint density at radius 3 is 2.81 bits per heavy atom. The molecule has 0 N–H and O–H groups in total. The maximum absolute atomic E-state index is 12.6. The number of carbonyl (C=O) groups excluding carboxylic acids is 1. The predicted octanol–water partition coefficient (Wildman–Crippen LogP) is 2.05. The van der Waals surface area contributed by atoms with Gasteiger partial charge in [-0.25, -0.2) is 4.98 Å². The number of rotatable bonds is 4. The van der Waals surface area contributed by atoms with Crippen molar-refractivity contribution in [3.05, 3.63) is 52.5 Å². The van der Waals surface area contributed by atoms with Gasteiger partial charge in [-0.15, -0.1) is 0 Å². The molecule has 1 fully saturated rings. The largest absolute Gasteiger partial charge is 0.472 e. The molecule has 142 valence electrons. The Morgan fingerprint density at radius 2 is 2.04 bits per heavy atom. The first-order valence-electron chi connectivity index (χ1n) is 9.54. The monoisotopic (exact) mass is 366 g/mol. The molecule has 0 aliphatic carbocycles. The van der Waals surface area contributed by atoms with Crippen LogP contribution in [0.5, 0.6) is 5.88 Å². The minimum atomic E-state index is 0.0472. The van der Waals surface area contributed by atoms with Gasteiger partial charge in [0.15, 0.2) is 0 Å². The van der Waals surface area contributed by atoms with Crippen LogP contribution in [0.1, 0.15) is 28.2 Å². The van der Waals surface area contributed by atoms with E-state index in [4.69, 9.17) is 4.74 Å². The summed E-state index contributed by atoms with van der Waals surface area (Å²) in [6.07, 6.45) is 0.866. The normalized spacial score (nSPS) is 19.9. The number of aromatic nitrogens is 2. The van der Waals surface area contributed by atoms with Gasteiger partial charge in [0, 0.05) is 43.9 Å². The highest BCUT2D eigenvalue weighted by molar-refractivity contribution is 5.79. The number of benzene rings is 1. The first-order chi connectivity index (χ1) is 13.0. The molecule has 1 saturated heterocycles. The van der Waals surface area contributed by atoms with Gasteiger partial charge in [-0.3, -0.25) is 9.69 Å². The number of amides is 1. The summed E-state index contributed by atoms with van der Waals surface area (Å²) in [4.78, 5) is 25.6. The highest BCUT2D eigenvalue weighted by Crippen LogP contribution is 2.29. The molecule has 2 aliphatic heterocycles. The summed E-state index contributed by atoms with van der Waals surface area (Å²) in [7, 11) is 0. The van der Waals surface area contributed by atoms with Crippen molar-refractivity contribution in [3.8, 4) is 5.88 Å². The molecule has 0 radical (unpaired) electrons. The van der Waals surface area contributed by atoms with Crippen molar-refractivity contribution < 1.29 is 9.53 Å². The lowest BCUT2D eigenvalue weighted by Crippen LogP contribution is -2.52. The van der Waals surface area contributed by atoms with E-state index in [1.165, 1.54) is 11.1 Å². The van der Waals surface area contributed by atoms with Gasteiger partial charge in [-0.2, -0.15) is 4.98 Å². The van der Waals surface area contributed by atoms with Crippen LogP contribution in [0.15, 0.2) is 24.3 Å². The Kier molecular flexibility index (Phi) is 4.83. The van der Waals surface area contributed by atoms with E-state index >= 15 is 0 Å². The number of hydrogen-bond donors (Lipinski definition) is 0. The molecule has 0 bridgehead atoms. The molecule has 0 spiro atoms. The van der Waals surface area contributed by atoms with Crippen LogP contribution in [0, 0.1) is 20.8 Å². The zero-order valence-corrected chi connectivity index (χ0v) is 16.2. The second kappa shape index (κ2) is 7.27. The number of nitrogens with zero attached hydrogens (tertiary/aromatic N) is 4. The predicted molar refractivity (Wildman–Crippen MR) is 103 cm³/mol. The molecule has 2 aromatic rings. The van der Waals surface area contributed by atoms with Crippen LogP contribution in [-0.4, -0.2) is 58.0 Å². The van der Waals surface area contributed by atoms with E-state index in [9.17, 15) is 4.79 Å². The molecule has 3 heterocycles. The SMILES string of the molecule is Cc1cccc(CN2CCN(C[C@H]3Cc4c(C)nc(C)nc4O3)CC2=O)c1. The Morgan fingerprint density at radius 1 is 1.19 bits per heavy atom. The van der Waals surface area contributed by atoms with Gasteiger partial charge < -0.3 is 9.64 Å². The summed E-state index contributed by atoms with van der Waals surface area (Å²) in [5.74, 6) is 1.64. The average Bonchev–Trinajstić information content (AvgIpc) is 3.00. The summed E-state index contributed by atoms with van der Waals surface area (Å²) in [5, 5.41) is 0. The molecule has 4 rings (SSSR count). The maximum atomic E-state index is 12.6. The fraction of sp³-hybridized carbons (Fsp3) is 0.476. The number of ether oxygens (including phenoxy) is 1. The van der Waals surface area contributed by atoms with Crippen molar-refractivity contribution in [2.75, 3.05) is 26.2 Å². The third-order valence-corrected chi connectivity index (χ3v) is 5.31. The molecular formula is C21H26N4O2. The summed E-state index contributed by atoms with van der Waals surface area (Å²) in [5.41, 5.74) is 4.52. The third-order valence-electron chi connectivity index (χ3n) is 5.31. The summed E-state index contributed by atoms with van der Waals surface area (Å²) >= 11 is 0. The van der Waals surface area contributed by atoms with Crippen molar-refractivity contribution in [1.82, 2.24) is 19.8 Å². The van der Waals surface area contributed by atoms with Crippen molar-refractivity contribution in [3.63, 3.8) is 0 Å². The van der Waals surface area contributed by atoms with Crippen molar-refractivity contribution in [2.24, 2.45) is 0 Å². The van der Waals surface area contributed by atoms with E-state index in [0.29, 0.717) is 13.1 Å². The minimum absolute atomic E-state index is 0.0472. The Bertz CT molecular complexity index is 867.